The fourth-order valence-corrected chi connectivity index (χ4v) is 6.22. The van der Waals surface area contributed by atoms with Gasteiger partial charge in [0.2, 0.25) is 0 Å². The molecule has 0 unspecified atom stereocenters. The Morgan fingerprint density at radius 1 is 0.311 bits per heavy atom. The van der Waals surface area contributed by atoms with Gasteiger partial charge in [-0.15, -0.1) is 0 Å². The fraction of sp³-hybridized carbons (Fsp3) is 0. The minimum Gasteiger partial charge on any atom is -0.456 e. The maximum atomic E-state index is 6.18. The lowest BCUT2D eigenvalue weighted by atomic mass is 9.97. The van der Waals surface area contributed by atoms with E-state index in [0.29, 0.717) is 17.5 Å². The summed E-state index contributed by atoms with van der Waals surface area (Å²) in [6.07, 6.45) is 0. The summed E-state index contributed by atoms with van der Waals surface area (Å²) in [4.78, 5) is 14.8. The first kappa shape index (κ1) is 25.4. The van der Waals surface area contributed by atoms with E-state index in [9.17, 15) is 0 Å². The number of benzene rings is 7. The van der Waals surface area contributed by atoms with Crippen molar-refractivity contribution in [1.82, 2.24) is 15.0 Å². The van der Waals surface area contributed by atoms with E-state index in [4.69, 9.17) is 19.4 Å². The molecule has 4 heteroatoms. The van der Waals surface area contributed by atoms with Crippen LogP contribution in [-0.4, -0.2) is 15.0 Å². The average Bonchev–Trinajstić information content (AvgIpc) is 3.49. The molecule has 0 aliphatic carbocycles. The monoisotopic (exact) mass is 575 g/mol. The van der Waals surface area contributed by atoms with Crippen LogP contribution in [0.1, 0.15) is 0 Å². The molecule has 0 amide bonds. The Morgan fingerprint density at radius 3 is 1.67 bits per heavy atom. The van der Waals surface area contributed by atoms with Crippen LogP contribution < -0.4 is 0 Å². The van der Waals surface area contributed by atoms with Gasteiger partial charge < -0.3 is 4.42 Å². The minimum absolute atomic E-state index is 0.604. The SMILES string of the molecule is c1ccc(-c2nc(-c3ccc(-c4ccc5c(ccc6ccccc65)c4)cc3)nc(-c3ccc4c(c3)oc3ccccc34)n2)cc1. The Bertz CT molecular complexity index is 2530. The fourth-order valence-electron chi connectivity index (χ4n) is 6.22. The van der Waals surface area contributed by atoms with E-state index in [1.165, 1.54) is 27.1 Å². The maximum absolute atomic E-state index is 6.18. The number of nitrogens with zero attached hydrogens (tertiary/aromatic N) is 3. The van der Waals surface area contributed by atoms with Crippen LogP contribution in [0.15, 0.2) is 156 Å². The largest absolute Gasteiger partial charge is 0.456 e. The normalized spacial score (nSPS) is 11.6. The van der Waals surface area contributed by atoms with Crippen molar-refractivity contribution in [1.29, 1.82) is 0 Å². The zero-order chi connectivity index (χ0) is 29.7. The van der Waals surface area contributed by atoms with E-state index in [1.54, 1.807) is 0 Å². The van der Waals surface area contributed by atoms with Crippen molar-refractivity contribution >= 4 is 43.5 Å². The van der Waals surface area contributed by atoms with E-state index >= 15 is 0 Å². The Kier molecular flexibility index (Phi) is 5.78. The first-order valence-electron chi connectivity index (χ1n) is 15.0. The molecule has 0 aliphatic rings. The number of hydrogen-bond donors (Lipinski definition) is 0. The van der Waals surface area contributed by atoms with E-state index in [2.05, 4.69) is 97.1 Å². The lowest BCUT2D eigenvalue weighted by Gasteiger charge is -2.10. The topological polar surface area (TPSA) is 51.8 Å². The summed E-state index contributed by atoms with van der Waals surface area (Å²) in [5.41, 5.74) is 6.73. The summed E-state index contributed by atoms with van der Waals surface area (Å²) in [7, 11) is 0. The third-order valence-corrected chi connectivity index (χ3v) is 8.53. The molecule has 0 N–H and O–H groups in total. The second-order valence-electron chi connectivity index (χ2n) is 11.3. The van der Waals surface area contributed by atoms with Crippen molar-refractivity contribution in [3.05, 3.63) is 152 Å². The van der Waals surface area contributed by atoms with Gasteiger partial charge in [-0.1, -0.05) is 127 Å². The number of furan rings is 1. The van der Waals surface area contributed by atoms with Crippen LogP contribution in [-0.2, 0) is 0 Å². The molecule has 9 rings (SSSR count). The van der Waals surface area contributed by atoms with Gasteiger partial charge in [0.15, 0.2) is 17.5 Å². The van der Waals surface area contributed by atoms with Crippen molar-refractivity contribution < 1.29 is 4.42 Å². The highest BCUT2D eigenvalue weighted by Crippen LogP contribution is 2.34. The van der Waals surface area contributed by atoms with Crippen LogP contribution in [0.4, 0.5) is 0 Å². The van der Waals surface area contributed by atoms with Crippen LogP contribution in [0.3, 0.4) is 0 Å². The van der Waals surface area contributed by atoms with Crippen LogP contribution in [0.2, 0.25) is 0 Å². The number of hydrogen-bond acceptors (Lipinski definition) is 4. The second kappa shape index (κ2) is 10.2. The highest BCUT2D eigenvalue weighted by molar-refractivity contribution is 6.08. The Labute approximate surface area is 259 Å². The molecule has 210 valence electrons. The molecule has 0 saturated carbocycles. The molecule has 0 saturated heterocycles. The molecule has 7 aromatic carbocycles. The average molecular weight is 576 g/mol. The molecule has 0 atom stereocenters. The van der Waals surface area contributed by atoms with Gasteiger partial charge in [-0.2, -0.15) is 0 Å². The van der Waals surface area contributed by atoms with Crippen molar-refractivity contribution in [3.63, 3.8) is 0 Å². The van der Waals surface area contributed by atoms with Crippen LogP contribution in [0, 0.1) is 0 Å². The number of aromatic nitrogens is 3. The summed E-state index contributed by atoms with van der Waals surface area (Å²) in [5, 5.41) is 7.19. The summed E-state index contributed by atoms with van der Waals surface area (Å²) < 4.78 is 6.18. The zero-order valence-corrected chi connectivity index (χ0v) is 24.2. The number of fused-ring (bicyclic) bond motifs is 6. The molecule has 4 nitrogen and oxygen atoms in total. The minimum atomic E-state index is 0.604. The van der Waals surface area contributed by atoms with Gasteiger partial charge >= 0.3 is 0 Å². The van der Waals surface area contributed by atoms with Crippen molar-refractivity contribution in [2.75, 3.05) is 0 Å². The number of para-hydroxylation sites is 1. The van der Waals surface area contributed by atoms with Crippen molar-refractivity contribution in [2.45, 2.75) is 0 Å². The van der Waals surface area contributed by atoms with E-state index in [-0.39, 0.29) is 0 Å². The Balaban J connectivity index is 1.12. The van der Waals surface area contributed by atoms with Gasteiger partial charge in [0.05, 0.1) is 0 Å². The zero-order valence-electron chi connectivity index (χ0n) is 24.2. The Hall–Kier alpha value is -6.13. The highest BCUT2D eigenvalue weighted by Gasteiger charge is 2.15. The lowest BCUT2D eigenvalue weighted by Crippen LogP contribution is -2.00. The highest BCUT2D eigenvalue weighted by atomic mass is 16.3. The van der Waals surface area contributed by atoms with Gasteiger partial charge in [0.1, 0.15) is 11.2 Å². The van der Waals surface area contributed by atoms with Gasteiger partial charge in [0.25, 0.3) is 0 Å². The first-order valence-corrected chi connectivity index (χ1v) is 15.0. The molecule has 45 heavy (non-hydrogen) atoms. The van der Waals surface area contributed by atoms with Gasteiger partial charge in [0, 0.05) is 27.5 Å². The lowest BCUT2D eigenvalue weighted by molar-refractivity contribution is 0.669. The predicted molar refractivity (Wildman–Crippen MR) is 184 cm³/mol. The molecular weight excluding hydrogens is 550 g/mol. The van der Waals surface area contributed by atoms with E-state index in [1.807, 2.05) is 54.6 Å². The van der Waals surface area contributed by atoms with Crippen LogP contribution in [0.25, 0.3) is 88.8 Å². The van der Waals surface area contributed by atoms with E-state index in [0.717, 1.165) is 44.2 Å². The molecule has 0 aliphatic heterocycles. The third-order valence-electron chi connectivity index (χ3n) is 8.53. The maximum Gasteiger partial charge on any atom is 0.164 e. The second-order valence-corrected chi connectivity index (χ2v) is 11.3. The molecule has 0 bridgehead atoms. The van der Waals surface area contributed by atoms with Crippen LogP contribution >= 0.6 is 0 Å². The smallest absolute Gasteiger partial charge is 0.164 e. The van der Waals surface area contributed by atoms with Gasteiger partial charge in [-0.3, -0.25) is 0 Å². The van der Waals surface area contributed by atoms with Crippen LogP contribution in [0.5, 0.6) is 0 Å². The van der Waals surface area contributed by atoms with Crippen molar-refractivity contribution in [3.8, 4) is 45.3 Å². The molecule has 0 fully saturated rings. The summed E-state index contributed by atoms with van der Waals surface area (Å²) in [5.74, 6) is 1.86. The standard InChI is InChI=1S/C41H25N3O/c1-2-9-28(10-3-1)39-42-40(44-41(43-39)32-21-23-36-35-12-6-7-13-37(35)45-38(36)25-32)29-17-14-26(15-18-29)30-20-22-34-31(24-30)19-16-27-8-4-5-11-33(27)34/h1-25H. The third kappa shape index (κ3) is 4.43. The molecule has 2 aromatic heterocycles. The summed E-state index contributed by atoms with van der Waals surface area (Å²) >= 11 is 0. The summed E-state index contributed by atoms with van der Waals surface area (Å²) in [6.45, 7) is 0. The van der Waals surface area contributed by atoms with Gasteiger partial charge in [-0.05, 0) is 56.9 Å². The quantitative estimate of drug-likeness (QED) is 0.196. The molecule has 0 radical (unpaired) electrons. The number of rotatable bonds is 4. The molecule has 0 spiro atoms. The molecular formula is C41H25N3O. The molecule has 2 heterocycles. The Morgan fingerprint density at radius 2 is 0.844 bits per heavy atom. The van der Waals surface area contributed by atoms with Gasteiger partial charge in [-0.25, -0.2) is 15.0 Å². The predicted octanol–water partition coefficient (Wildman–Crippen LogP) is 10.7. The molecule has 9 aromatic rings. The summed E-state index contributed by atoms with van der Waals surface area (Å²) in [6, 6.07) is 52.4. The first-order chi connectivity index (χ1) is 22.3. The van der Waals surface area contributed by atoms with E-state index < -0.39 is 0 Å². The van der Waals surface area contributed by atoms with Crippen molar-refractivity contribution in [2.24, 2.45) is 0 Å².